The lowest BCUT2D eigenvalue weighted by Gasteiger charge is -2.28. The fourth-order valence-electron chi connectivity index (χ4n) is 2.22. The minimum absolute atomic E-state index is 0.126. The highest BCUT2D eigenvalue weighted by Gasteiger charge is 2.17. The third-order valence-electron chi connectivity index (χ3n) is 3.44. The van der Waals surface area contributed by atoms with Crippen molar-refractivity contribution < 1.29 is 14.2 Å². The van der Waals surface area contributed by atoms with Gasteiger partial charge in [-0.05, 0) is 38.6 Å². The van der Waals surface area contributed by atoms with Gasteiger partial charge in [0.05, 0.1) is 26.9 Å². The number of nitrogens with zero attached hydrogens (tertiary/aromatic N) is 1. The molecule has 0 aliphatic heterocycles. The second-order valence-electron chi connectivity index (χ2n) is 5.27. The minimum Gasteiger partial charge on any atom is -0.493 e. The van der Waals surface area contributed by atoms with Crippen LogP contribution in [-0.2, 0) is 4.74 Å². The van der Waals surface area contributed by atoms with Gasteiger partial charge in [0.15, 0.2) is 11.5 Å². The molecule has 0 radical (unpaired) electrons. The number of hydrogen-bond donors (Lipinski definition) is 1. The van der Waals surface area contributed by atoms with E-state index in [1.165, 1.54) is 0 Å². The summed E-state index contributed by atoms with van der Waals surface area (Å²) in [7, 11) is 5.32. The number of hydrogen-bond acceptors (Lipinski definition) is 5. The van der Waals surface area contributed by atoms with Crippen molar-refractivity contribution in [3.8, 4) is 11.5 Å². The molecule has 21 heavy (non-hydrogen) atoms. The summed E-state index contributed by atoms with van der Waals surface area (Å²) >= 11 is 0. The van der Waals surface area contributed by atoms with E-state index in [1.54, 1.807) is 14.2 Å². The Hall–Kier alpha value is -1.30. The van der Waals surface area contributed by atoms with Gasteiger partial charge in [-0.25, -0.2) is 0 Å². The van der Waals surface area contributed by atoms with E-state index in [0.29, 0.717) is 13.2 Å². The molecule has 1 aromatic carbocycles. The van der Waals surface area contributed by atoms with Gasteiger partial charge in [-0.1, -0.05) is 6.07 Å². The molecule has 0 aliphatic rings. The Balaban J connectivity index is 2.79. The van der Waals surface area contributed by atoms with Crippen molar-refractivity contribution in [1.82, 2.24) is 4.90 Å². The standard InChI is InChI=1S/C16H28N2O3/c1-12(2)21-9-8-18(3)14(11-17)13-6-7-15(19-4)16(10-13)20-5/h6-7,10,12,14H,8-9,11,17H2,1-5H3. The molecule has 1 unspecified atom stereocenters. The molecule has 2 N–H and O–H groups in total. The fourth-order valence-corrected chi connectivity index (χ4v) is 2.22. The van der Waals surface area contributed by atoms with E-state index in [-0.39, 0.29) is 12.1 Å². The molecule has 0 fully saturated rings. The summed E-state index contributed by atoms with van der Waals surface area (Å²) in [6.45, 7) is 6.13. The first kappa shape index (κ1) is 17.8. The molecule has 0 spiro atoms. The van der Waals surface area contributed by atoms with E-state index in [2.05, 4.69) is 11.9 Å². The highest BCUT2D eigenvalue weighted by atomic mass is 16.5. The zero-order valence-electron chi connectivity index (χ0n) is 13.8. The smallest absolute Gasteiger partial charge is 0.161 e. The average Bonchev–Trinajstić information content (AvgIpc) is 2.47. The van der Waals surface area contributed by atoms with Crippen molar-refractivity contribution >= 4 is 0 Å². The average molecular weight is 296 g/mol. The van der Waals surface area contributed by atoms with Crippen molar-refractivity contribution in [2.75, 3.05) is 41.0 Å². The second kappa shape index (κ2) is 8.87. The zero-order valence-corrected chi connectivity index (χ0v) is 13.8. The predicted molar refractivity (Wildman–Crippen MR) is 85.1 cm³/mol. The van der Waals surface area contributed by atoms with Crippen molar-refractivity contribution in [2.24, 2.45) is 5.73 Å². The Kier molecular flexibility index (Phi) is 7.50. The van der Waals surface area contributed by atoms with Gasteiger partial charge in [0.25, 0.3) is 0 Å². The third-order valence-corrected chi connectivity index (χ3v) is 3.44. The van der Waals surface area contributed by atoms with E-state index in [4.69, 9.17) is 19.9 Å². The zero-order chi connectivity index (χ0) is 15.8. The van der Waals surface area contributed by atoms with E-state index in [1.807, 2.05) is 32.0 Å². The summed E-state index contributed by atoms with van der Waals surface area (Å²) in [5, 5.41) is 0. The number of benzene rings is 1. The Labute approximate surface area is 128 Å². The van der Waals surface area contributed by atoms with E-state index in [0.717, 1.165) is 23.6 Å². The van der Waals surface area contributed by atoms with Crippen molar-refractivity contribution in [3.63, 3.8) is 0 Å². The molecule has 1 atom stereocenters. The van der Waals surface area contributed by atoms with Gasteiger partial charge in [0.1, 0.15) is 0 Å². The van der Waals surface area contributed by atoms with E-state index < -0.39 is 0 Å². The van der Waals surface area contributed by atoms with Crippen LogP contribution in [0.25, 0.3) is 0 Å². The van der Waals surface area contributed by atoms with Crippen molar-refractivity contribution in [3.05, 3.63) is 23.8 Å². The fraction of sp³-hybridized carbons (Fsp3) is 0.625. The second-order valence-corrected chi connectivity index (χ2v) is 5.27. The highest BCUT2D eigenvalue weighted by Crippen LogP contribution is 2.31. The maximum Gasteiger partial charge on any atom is 0.161 e. The number of methoxy groups -OCH3 is 2. The first-order chi connectivity index (χ1) is 10.0. The third kappa shape index (κ3) is 5.19. The summed E-state index contributed by atoms with van der Waals surface area (Å²) in [6, 6.07) is 6.05. The Morgan fingerprint density at radius 3 is 2.33 bits per heavy atom. The Morgan fingerprint density at radius 1 is 1.14 bits per heavy atom. The first-order valence-electron chi connectivity index (χ1n) is 7.27. The molecule has 0 aromatic heterocycles. The normalized spacial score (nSPS) is 12.8. The molecule has 0 bridgehead atoms. The van der Waals surface area contributed by atoms with Crippen LogP contribution in [0.5, 0.6) is 11.5 Å². The quantitative estimate of drug-likeness (QED) is 0.756. The summed E-state index contributed by atoms with van der Waals surface area (Å²) in [5.41, 5.74) is 7.06. The molecule has 5 nitrogen and oxygen atoms in total. The van der Waals surface area contributed by atoms with Gasteiger partial charge in [-0.15, -0.1) is 0 Å². The monoisotopic (exact) mass is 296 g/mol. The molecule has 0 heterocycles. The van der Waals surface area contributed by atoms with Crippen LogP contribution in [0.15, 0.2) is 18.2 Å². The van der Waals surface area contributed by atoms with Crippen molar-refractivity contribution in [2.45, 2.75) is 26.0 Å². The van der Waals surface area contributed by atoms with Crippen LogP contribution < -0.4 is 15.2 Å². The molecule has 0 aliphatic carbocycles. The van der Waals surface area contributed by atoms with Gasteiger partial charge >= 0.3 is 0 Å². The molecule has 0 saturated heterocycles. The summed E-state index contributed by atoms with van der Waals surface area (Å²) in [5.74, 6) is 1.45. The van der Waals surface area contributed by atoms with Crippen LogP contribution >= 0.6 is 0 Å². The number of nitrogens with two attached hydrogens (primary N) is 1. The van der Waals surface area contributed by atoms with Gasteiger partial charge in [0.2, 0.25) is 0 Å². The van der Waals surface area contributed by atoms with E-state index >= 15 is 0 Å². The largest absolute Gasteiger partial charge is 0.493 e. The molecular weight excluding hydrogens is 268 g/mol. The molecule has 1 rings (SSSR count). The lowest BCUT2D eigenvalue weighted by atomic mass is 10.0. The van der Waals surface area contributed by atoms with Gasteiger partial charge in [-0.3, -0.25) is 4.90 Å². The first-order valence-corrected chi connectivity index (χ1v) is 7.27. The number of rotatable bonds is 9. The highest BCUT2D eigenvalue weighted by molar-refractivity contribution is 5.43. The molecule has 1 aromatic rings. The maximum absolute atomic E-state index is 5.94. The van der Waals surface area contributed by atoms with Crippen LogP contribution in [0, 0.1) is 0 Å². The topological polar surface area (TPSA) is 57.0 Å². The number of likely N-dealkylation sites (N-methyl/N-ethyl adjacent to an activating group) is 1. The van der Waals surface area contributed by atoms with Crippen LogP contribution in [-0.4, -0.2) is 52.0 Å². The SMILES string of the molecule is COc1ccc(C(CN)N(C)CCOC(C)C)cc1OC. The molecular formula is C16H28N2O3. The molecule has 120 valence electrons. The lowest BCUT2D eigenvalue weighted by Crippen LogP contribution is -2.33. The summed E-state index contributed by atoms with van der Waals surface area (Å²) < 4.78 is 16.2. The van der Waals surface area contributed by atoms with E-state index in [9.17, 15) is 0 Å². The number of ether oxygens (including phenoxy) is 3. The van der Waals surface area contributed by atoms with Gasteiger partial charge < -0.3 is 19.9 Å². The summed E-state index contributed by atoms with van der Waals surface area (Å²) in [4.78, 5) is 2.20. The summed E-state index contributed by atoms with van der Waals surface area (Å²) in [6.07, 6.45) is 0.246. The van der Waals surface area contributed by atoms with Gasteiger partial charge in [0, 0.05) is 19.1 Å². The Bertz CT molecular complexity index is 424. The molecule has 5 heteroatoms. The Morgan fingerprint density at radius 2 is 1.81 bits per heavy atom. The molecule has 0 amide bonds. The lowest BCUT2D eigenvalue weighted by molar-refractivity contribution is 0.0564. The maximum atomic E-state index is 5.94. The van der Waals surface area contributed by atoms with Gasteiger partial charge in [-0.2, -0.15) is 0 Å². The van der Waals surface area contributed by atoms with Crippen LogP contribution in [0.3, 0.4) is 0 Å². The van der Waals surface area contributed by atoms with Crippen LogP contribution in [0.4, 0.5) is 0 Å². The van der Waals surface area contributed by atoms with Crippen molar-refractivity contribution in [1.29, 1.82) is 0 Å². The van der Waals surface area contributed by atoms with Crippen LogP contribution in [0.1, 0.15) is 25.5 Å². The minimum atomic E-state index is 0.126. The van der Waals surface area contributed by atoms with Crippen LogP contribution in [0.2, 0.25) is 0 Å². The predicted octanol–water partition coefficient (Wildman–Crippen LogP) is 2.06. The molecule has 0 saturated carbocycles.